The Labute approximate surface area is 129 Å². The van der Waals surface area contributed by atoms with Gasteiger partial charge in [-0.05, 0) is 31.2 Å². The number of ether oxygens (including phenoxy) is 2. The topological polar surface area (TPSA) is 88.4 Å². The molecule has 0 spiro atoms. The molecule has 0 fully saturated rings. The lowest BCUT2D eigenvalue weighted by atomic mass is 10.2. The van der Waals surface area contributed by atoms with Crippen molar-refractivity contribution in [1.82, 2.24) is 5.32 Å². The molecule has 0 aliphatic rings. The van der Waals surface area contributed by atoms with Crippen LogP contribution in [0.25, 0.3) is 0 Å². The highest BCUT2D eigenvalue weighted by Gasteiger charge is 2.28. The summed E-state index contributed by atoms with van der Waals surface area (Å²) in [6.45, 7) is -0.981. The second kappa shape index (κ2) is 8.03. The number of hydrogen-bond donors (Lipinski definition) is 1. The van der Waals surface area contributed by atoms with E-state index in [1.54, 1.807) is 5.32 Å². The maximum atomic E-state index is 11.9. The maximum Gasteiger partial charge on any atom is 0.405 e. The van der Waals surface area contributed by atoms with Crippen molar-refractivity contribution in [3.05, 3.63) is 29.8 Å². The van der Waals surface area contributed by atoms with Crippen molar-refractivity contribution in [3.8, 4) is 11.8 Å². The fraction of sp³-hybridized carbons (Fsp3) is 0.357. The zero-order chi connectivity index (χ0) is 17.5. The van der Waals surface area contributed by atoms with E-state index in [9.17, 15) is 22.8 Å². The number of amides is 1. The normalized spacial score (nSPS) is 12.0. The zero-order valence-electron chi connectivity index (χ0n) is 12.0. The summed E-state index contributed by atoms with van der Waals surface area (Å²) >= 11 is 0. The fourth-order valence-corrected chi connectivity index (χ4v) is 1.36. The van der Waals surface area contributed by atoms with Crippen molar-refractivity contribution >= 4 is 11.9 Å². The number of halogens is 3. The molecule has 1 rings (SSSR count). The largest absolute Gasteiger partial charge is 0.479 e. The van der Waals surface area contributed by atoms with Crippen molar-refractivity contribution in [2.24, 2.45) is 0 Å². The van der Waals surface area contributed by atoms with Crippen LogP contribution in [-0.4, -0.2) is 37.3 Å². The molecular weight excluding hydrogens is 317 g/mol. The third-order valence-electron chi connectivity index (χ3n) is 2.46. The van der Waals surface area contributed by atoms with E-state index >= 15 is 0 Å². The molecule has 0 saturated heterocycles. The van der Waals surface area contributed by atoms with E-state index in [-0.39, 0.29) is 0 Å². The van der Waals surface area contributed by atoms with Gasteiger partial charge >= 0.3 is 12.1 Å². The number of hydrogen-bond acceptors (Lipinski definition) is 5. The summed E-state index contributed by atoms with van der Waals surface area (Å²) in [6, 6.07) is 7.82. The first-order chi connectivity index (χ1) is 10.7. The molecule has 9 heteroatoms. The Bertz CT molecular complexity index is 594. The lowest BCUT2D eigenvalue weighted by molar-refractivity contribution is -0.156. The molecule has 0 bridgehead atoms. The van der Waals surface area contributed by atoms with Gasteiger partial charge in [-0.15, -0.1) is 0 Å². The van der Waals surface area contributed by atoms with Crippen LogP contribution in [0.3, 0.4) is 0 Å². The highest BCUT2D eigenvalue weighted by molar-refractivity contribution is 5.82. The number of benzene rings is 1. The molecule has 1 atom stereocenters. The summed E-state index contributed by atoms with van der Waals surface area (Å²) in [4.78, 5) is 22.7. The Morgan fingerprint density at radius 3 is 2.43 bits per heavy atom. The van der Waals surface area contributed by atoms with Gasteiger partial charge in [0, 0.05) is 0 Å². The second-order valence-electron chi connectivity index (χ2n) is 4.40. The Hall–Kier alpha value is -2.76. The monoisotopic (exact) mass is 330 g/mol. The van der Waals surface area contributed by atoms with Crippen molar-refractivity contribution in [2.75, 3.05) is 13.2 Å². The summed E-state index contributed by atoms with van der Waals surface area (Å²) in [6.07, 6.45) is -5.61. The number of nitriles is 1. The molecule has 0 aliphatic heterocycles. The number of carbonyl (C=O) groups is 2. The zero-order valence-corrected chi connectivity index (χ0v) is 12.0. The third-order valence-corrected chi connectivity index (χ3v) is 2.46. The standard InChI is InChI=1S/C14H13F3N2O4/c1-9(23-11-4-2-10(6-18)3-5-11)13(21)22-7-12(20)19-8-14(15,16)17/h2-5,9H,7-8H2,1H3,(H,19,20)/t9-/m1/s1. The lowest BCUT2D eigenvalue weighted by Crippen LogP contribution is -2.37. The van der Waals surface area contributed by atoms with Gasteiger partial charge < -0.3 is 14.8 Å². The maximum absolute atomic E-state index is 11.9. The summed E-state index contributed by atoms with van der Waals surface area (Å²) in [5.74, 6) is -1.67. The minimum Gasteiger partial charge on any atom is -0.479 e. The predicted octanol–water partition coefficient (Wildman–Crippen LogP) is 1.55. The summed E-state index contributed by atoms with van der Waals surface area (Å²) < 4.78 is 45.4. The first kappa shape index (κ1) is 18.3. The van der Waals surface area contributed by atoms with Crippen LogP contribution >= 0.6 is 0 Å². The molecular formula is C14H13F3N2O4. The average molecular weight is 330 g/mol. The second-order valence-corrected chi connectivity index (χ2v) is 4.40. The van der Waals surface area contributed by atoms with E-state index in [1.807, 2.05) is 6.07 Å². The first-order valence-electron chi connectivity index (χ1n) is 6.38. The molecule has 1 N–H and O–H groups in total. The lowest BCUT2D eigenvalue weighted by Gasteiger charge is -2.14. The Balaban J connectivity index is 2.39. The van der Waals surface area contributed by atoms with E-state index in [1.165, 1.54) is 31.2 Å². The minimum atomic E-state index is -4.54. The van der Waals surface area contributed by atoms with Crippen molar-refractivity contribution in [2.45, 2.75) is 19.2 Å². The van der Waals surface area contributed by atoms with E-state index in [0.717, 1.165) is 0 Å². The van der Waals surface area contributed by atoms with Crippen LogP contribution in [0.5, 0.6) is 5.75 Å². The Morgan fingerprint density at radius 1 is 1.30 bits per heavy atom. The molecule has 1 aromatic carbocycles. The molecule has 1 aromatic rings. The predicted molar refractivity (Wildman–Crippen MR) is 71.3 cm³/mol. The molecule has 0 aromatic heterocycles. The number of carbonyl (C=O) groups excluding carboxylic acids is 2. The summed E-state index contributed by atoms with van der Waals surface area (Å²) in [5.41, 5.74) is 0.411. The van der Waals surface area contributed by atoms with Gasteiger partial charge in [0.05, 0.1) is 11.6 Å². The van der Waals surface area contributed by atoms with E-state index in [2.05, 4.69) is 4.74 Å². The molecule has 6 nitrogen and oxygen atoms in total. The SMILES string of the molecule is C[C@@H](Oc1ccc(C#N)cc1)C(=O)OCC(=O)NCC(F)(F)F. The third kappa shape index (κ3) is 7.17. The number of nitrogens with zero attached hydrogens (tertiary/aromatic N) is 1. The van der Waals surface area contributed by atoms with Gasteiger partial charge in [-0.25, -0.2) is 4.79 Å². The van der Waals surface area contributed by atoms with Gasteiger partial charge in [0.1, 0.15) is 12.3 Å². The van der Waals surface area contributed by atoms with E-state index in [0.29, 0.717) is 11.3 Å². The molecule has 124 valence electrons. The van der Waals surface area contributed by atoms with Crippen LogP contribution in [0, 0.1) is 11.3 Å². The highest BCUT2D eigenvalue weighted by Crippen LogP contribution is 2.14. The van der Waals surface area contributed by atoms with Crippen LogP contribution in [-0.2, 0) is 14.3 Å². The van der Waals surface area contributed by atoms with Crippen LogP contribution in [0.2, 0.25) is 0 Å². The number of esters is 1. The number of rotatable bonds is 6. The van der Waals surface area contributed by atoms with Crippen molar-refractivity contribution in [3.63, 3.8) is 0 Å². The molecule has 1 amide bonds. The number of alkyl halides is 3. The Kier molecular flexibility index (Phi) is 6.38. The van der Waals surface area contributed by atoms with Gasteiger partial charge in [-0.2, -0.15) is 18.4 Å². The van der Waals surface area contributed by atoms with E-state index in [4.69, 9.17) is 10.00 Å². The van der Waals surface area contributed by atoms with Crippen LogP contribution in [0.4, 0.5) is 13.2 Å². The minimum absolute atomic E-state index is 0.301. The average Bonchev–Trinajstić information content (AvgIpc) is 2.50. The van der Waals surface area contributed by atoms with Gasteiger partial charge in [0.25, 0.3) is 5.91 Å². The summed E-state index contributed by atoms with van der Waals surface area (Å²) in [5, 5.41) is 10.2. The summed E-state index contributed by atoms with van der Waals surface area (Å²) in [7, 11) is 0. The van der Waals surface area contributed by atoms with Crippen LogP contribution in [0.15, 0.2) is 24.3 Å². The molecule has 0 aliphatic carbocycles. The molecule has 0 unspecified atom stereocenters. The van der Waals surface area contributed by atoms with Crippen LogP contribution < -0.4 is 10.1 Å². The van der Waals surface area contributed by atoms with Gasteiger partial charge in [-0.3, -0.25) is 4.79 Å². The quantitative estimate of drug-likeness (QED) is 0.800. The molecule has 23 heavy (non-hydrogen) atoms. The van der Waals surface area contributed by atoms with Gasteiger partial charge in [-0.1, -0.05) is 0 Å². The molecule has 0 saturated carbocycles. The number of nitrogens with one attached hydrogen (secondary N) is 1. The van der Waals surface area contributed by atoms with Crippen LogP contribution in [0.1, 0.15) is 12.5 Å². The first-order valence-corrected chi connectivity index (χ1v) is 6.38. The van der Waals surface area contributed by atoms with E-state index < -0.39 is 37.3 Å². The van der Waals surface area contributed by atoms with Crippen molar-refractivity contribution in [1.29, 1.82) is 5.26 Å². The highest BCUT2D eigenvalue weighted by atomic mass is 19.4. The molecule has 0 radical (unpaired) electrons. The van der Waals surface area contributed by atoms with Gasteiger partial charge in [0.15, 0.2) is 12.7 Å². The fourth-order valence-electron chi connectivity index (χ4n) is 1.36. The Morgan fingerprint density at radius 2 is 1.91 bits per heavy atom. The molecule has 0 heterocycles. The van der Waals surface area contributed by atoms with Crippen molar-refractivity contribution < 1.29 is 32.2 Å². The smallest absolute Gasteiger partial charge is 0.405 e. The van der Waals surface area contributed by atoms with Gasteiger partial charge in [0.2, 0.25) is 0 Å².